The summed E-state index contributed by atoms with van der Waals surface area (Å²) >= 11 is 1.82. The van der Waals surface area contributed by atoms with E-state index in [1.54, 1.807) is 7.05 Å². The van der Waals surface area contributed by atoms with Gasteiger partial charge in [-0.3, -0.25) is 4.79 Å². The number of nitrogens with one attached hydrogen (secondary N) is 2. The van der Waals surface area contributed by atoms with Crippen molar-refractivity contribution < 1.29 is 4.79 Å². The molecule has 4 heteroatoms. The van der Waals surface area contributed by atoms with Crippen LogP contribution in [-0.4, -0.2) is 37.6 Å². The molecule has 1 amide bonds. The SMILES string of the molecule is CNCC(=O)NCCC(C)SC. The second kappa shape index (κ2) is 7.43. The summed E-state index contributed by atoms with van der Waals surface area (Å²) in [5.41, 5.74) is 0. The summed E-state index contributed by atoms with van der Waals surface area (Å²) in [4.78, 5) is 10.9. The number of carbonyl (C=O) groups excluding carboxylic acids is 1. The smallest absolute Gasteiger partial charge is 0.233 e. The molecule has 0 rings (SSSR count). The van der Waals surface area contributed by atoms with Crippen molar-refractivity contribution in [1.82, 2.24) is 10.6 Å². The van der Waals surface area contributed by atoms with Crippen molar-refractivity contribution in [2.45, 2.75) is 18.6 Å². The van der Waals surface area contributed by atoms with Crippen LogP contribution in [0.2, 0.25) is 0 Å². The number of likely N-dealkylation sites (N-methyl/N-ethyl adjacent to an activating group) is 1. The number of carbonyl (C=O) groups is 1. The van der Waals surface area contributed by atoms with Gasteiger partial charge >= 0.3 is 0 Å². The molecule has 1 unspecified atom stereocenters. The lowest BCUT2D eigenvalue weighted by Gasteiger charge is -2.08. The van der Waals surface area contributed by atoms with E-state index in [1.165, 1.54) is 0 Å². The van der Waals surface area contributed by atoms with E-state index in [4.69, 9.17) is 0 Å². The van der Waals surface area contributed by atoms with Crippen LogP contribution in [0.3, 0.4) is 0 Å². The van der Waals surface area contributed by atoms with E-state index in [0.29, 0.717) is 11.8 Å². The topological polar surface area (TPSA) is 41.1 Å². The van der Waals surface area contributed by atoms with Gasteiger partial charge in [0.05, 0.1) is 6.54 Å². The second-order valence-electron chi connectivity index (χ2n) is 2.72. The Kier molecular flexibility index (Phi) is 7.29. The van der Waals surface area contributed by atoms with Gasteiger partial charge in [-0.25, -0.2) is 0 Å². The second-order valence-corrected chi connectivity index (χ2v) is 3.99. The Morgan fingerprint density at radius 3 is 2.75 bits per heavy atom. The molecule has 0 aromatic heterocycles. The fourth-order valence-electron chi connectivity index (χ4n) is 0.756. The van der Waals surface area contributed by atoms with Gasteiger partial charge in [0.25, 0.3) is 0 Å². The number of thioether (sulfide) groups is 1. The summed E-state index contributed by atoms with van der Waals surface area (Å²) in [6, 6.07) is 0. The Bertz CT molecular complexity index is 130. The fraction of sp³-hybridized carbons (Fsp3) is 0.875. The molecule has 0 aromatic rings. The first kappa shape index (κ1) is 11.8. The number of amides is 1. The normalized spacial score (nSPS) is 12.6. The molecule has 2 N–H and O–H groups in total. The molecular weight excluding hydrogens is 172 g/mol. The summed E-state index contributed by atoms with van der Waals surface area (Å²) in [5.74, 6) is 0.0748. The summed E-state index contributed by atoms with van der Waals surface area (Å²) in [5, 5.41) is 6.26. The zero-order valence-corrected chi connectivity index (χ0v) is 8.83. The highest BCUT2D eigenvalue weighted by Crippen LogP contribution is 2.07. The molecule has 0 radical (unpaired) electrons. The monoisotopic (exact) mass is 190 g/mol. The van der Waals surface area contributed by atoms with E-state index in [0.717, 1.165) is 13.0 Å². The predicted molar refractivity (Wildman–Crippen MR) is 54.5 cm³/mol. The van der Waals surface area contributed by atoms with Gasteiger partial charge in [0.2, 0.25) is 5.91 Å². The van der Waals surface area contributed by atoms with E-state index >= 15 is 0 Å². The van der Waals surface area contributed by atoms with Crippen LogP contribution in [0.1, 0.15) is 13.3 Å². The van der Waals surface area contributed by atoms with Crippen LogP contribution in [0.5, 0.6) is 0 Å². The van der Waals surface area contributed by atoms with Crippen molar-refractivity contribution >= 4 is 17.7 Å². The number of rotatable bonds is 6. The summed E-state index contributed by atoms with van der Waals surface area (Å²) < 4.78 is 0. The van der Waals surface area contributed by atoms with Crippen LogP contribution in [-0.2, 0) is 4.79 Å². The minimum Gasteiger partial charge on any atom is -0.355 e. The molecule has 0 bridgehead atoms. The van der Waals surface area contributed by atoms with E-state index in [2.05, 4.69) is 23.8 Å². The van der Waals surface area contributed by atoms with Gasteiger partial charge < -0.3 is 10.6 Å². The quantitative estimate of drug-likeness (QED) is 0.639. The highest BCUT2D eigenvalue weighted by molar-refractivity contribution is 7.99. The Hall–Kier alpha value is -0.220. The largest absolute Gasteiger partial charge is 0.355 e. The van der Waals surface area contributed by atoms with E-state index in [9.17, 15) is 4.79 Å². The van der Waals surface area contributed by atoms with Crippen molar-refractivity contribution in [1.29, 1.82) is 0 Å². The minimum atomic E-state index is 0.0748. The van der Waals surface area contributed by atoms with Gasteiger partial charge in [-0.15, -0.1) is 0 Å². The number of hydrogen-bond acceptors (Lipinski definition) is 3. The van der Waals surface area contributed by atoms with Crippen molar-refractivity contribution in [2.75, 3.05) is 26.4 Å². The summed E-state index contributed by atoms with van der Waals surface area (Å²) in [6.45, 7) is 3.35. The van der Waals surface area contributed by atoms with Crippen LogP contribution >= 0.6 is 11.8 Å². The first-order valence-electron chi connectivity index (χ1n) is 4.14. The predicted octanol–water partition coefficient (Wildman–Crippen LogP) is 0.464. The van der Waals surface area contributed by atoms with Crippen molar-refractivity contribution in [2.24, 2.45) is 0 Å². The zero-order chi connectivity index (χ0) is 9.40. The Balaban J connectivity index is 3.24. The van der Waals surface area contributed by atoms with Gasteiger partial charge in [0.15, 0.2) is 0 Å². The lowest BCUT2D eigenvalue weighted by molar-refractivity contribution is -0.120. The zero-order valence-electron chi connectivity index (χ0n) is 8.02. The van der Waals surface area contributed by atoms with Crippen LogP contribution in [0.15, 0.2) is 0 Å². The molecule has 0 heterocycles. The molecule has 1 atom stereocenters. The molecule has 0 aliphatic heterocycles. The fourth-order valence-corrected chi connectivity index (χ4v) is 1.11. The highest BCUT2D eigenvalue weighted by atomic mass is 32.2. The summed E-state index contributed by atoms with van der Waals surface area (Å²) in [6.07, 6.45) is 3.12. The van der Waals surface area contributed by atoms with Gasteiger partial charge in [-0.2, -0.15) is 11.8 Å². The van der Waals surface area contributed by atoms with Crippen molar-refractivity contribution in [3.05, 3.63) is 0 Å². The molecule has 0 aliphatic rings. The molecule has 0 aromatic carbocycles. The lowest BCUT2D eigenvalue weighted by atomic mass is 10.3. The Morgan fingerprint density at radius 1 is 1.58 bits per heavy atom. The van der Waals surface area contributed by atoms with E-state index < -0.39 is 0 Å². The molecule has 0 spiro atoms. The summed E-state index contributed by atoms with van der Waals surface area (Å²) in [7, 11) is 1.77. The van der Waals surface area contributed by atoms with Gasteiger partial charge in [0.1, 0.15) is 0 Å². The molecule has 72 valence electrons. The highest BCUT2D eigenvalue weighted by Gasteiger charge is 2.00. The molecule has 0 aliphatic carbocycles. The molecule has 0 saturated heterocycles. The maximum absolute atomic E-state index is 10.9. The molecule has 3 nitrogen and oxygen atoms in total. The number of hydrogen-bond donors (Lipinski definition) is 2. The van der Waals surface area contributed by atoms with Crippen LogP contribution in [0, 0.1) is 0 Å². The third-order valence-electron chi connectivity index (χ3n) is 1.61. The van der Waals surface area contributed by atoms with Crippen LogP contribution in [0.25, 0.3) is 0 Å². The molecule has 12 heavy (non-hydrogen) atoms. The molecular formula is C8H18N2OS. The third-order valence-corrected chi connectivity index (χ3v) is 2.65. The van der Waals surface area contributed by atoms with Gasteiger partial charge in [-0.05, 0) is 19.7 Å². The van der Waals surface area contributed by atoms with Crippen LogP contribution < -0.4 is 10.6 Å². The Labute approximate surface area is 78.7 Å². The van der Waals surface area contributed by atoms with Crippen LogP contribution in [0.4, 0.5) is 0 Å². The lowest BCUT2D eigenvalue weighted by Crippen LogP contribution is -2.33. The molecule has 0 fully saturated rings. The minimum absolute atomic E-state index is 0.0748. The Morgan fingerprint density at radius 2 is 2.25 bits per heavy atom. The van der Waals surface area contributed by atoms with Gasteiger partial charge in [-0.1, -0.05) is 6.92 Å². The van der Waals surface area contributed by atoms with E-state index in [1.807, 2.05) is 11.8 Å². The first-order chi connectivity index (χ1) is 5.70. The maximum atomic E-state index is 10.9. The van der Waals surface area contributed by atoms with Crippen molar-refractivity contribution in [3.8, 4) is 0 Å². The van der Waals surface area contributed by atoms with Crippen molar-refractivity contribution in [3.63, 3.8) is 0 Å². The first-order valence-corrected chi connectivity index (χ1v) is 5.43. The van der Waals surface area contributed by atoms with E-state index in [-0.39, 0.29) is 5.91 Å². The average molecular weight is 190 g/mol. The average Bonchev–Trinajstić information content (AvgIpc) is 2.04. The van der Waals surface area contributed by atoms with Gasteiger partial charge in [0, 0.05) is 11.8 Å². The standard InChI is InChI=1S/C8H18N2OS/c1-7(12-3)4-5-10-8(11)6-9-2/h7,9H,4-6H2,1-3H3,(H,10,11). The maximum Gasteiger partial charge on any atom is 0.233 e. The third kappa shape index (κ3) is 6.49. The molecule has 0 saturated carbocycles.